The largest absolute Gasteiger partial charge is 0.495 e. The van der Waals surface area contributed by atoms with Gasteiger partial charge in [-0.2, -0.15) is 0 Å². The molecule has 0 unspecified atom stereocenters. The fourth-order valence-corrected chi connectivity index (χ4v) is 2.54. The van der Waals surface area contributed by atoms with E-state index in [1.165, 1.54) is 7.11 Å². The van der Waals surface area contributed by atoms with Crippen molar-refractivity contribution in [3.8, 4) is 17.2 Å². The molecular weight excluding hydrogens is 398 g/mol. The topological polar surface area (TPSA) is 83.1 Å². The van der Waals surface area contributed by atoms with Crippen LogP contribution in [0.2, 0.25) is 5.02 Å². The third-order valence-electron chi connectivity index (χ3n) is 3.83. The van der Waals surface area contributed by atoms with Gasteiger partial charge in [0.05, 0.1) is 32.4 Å². The number of aryl methyl sites for hydroxylation is 1. The van der Waals surface area contributed by atoms with Crippen molar-refractivity contribution >= 4 is 29.2 Å². The van der Waals surface area contributed by atoms with E-state index in [2.05, 4.69) is 5.32 Å². The van der Waals surface area contributed by atoms with Crippen LogP contribution < -0.4 is 19.5 Å². The van der Waals surface area contributed by atoms with Gasteiger partial charge in [0.15, 0.2) is 6.61 Å². The first-order valence-corrected chi connectivity index (χ1v) is 9.46. The molecule has 0 bridgehead atoms. The number of carbonyl (C=O) groups excluding carboxylic acids is 2. The molecule has 1 amide bonds. The van der Waals surface area contributed by atoms with Gasteiger partial charge in [0.2, 0.25) is 0 Å². The van der Waals surface area contributed by atoms with Gasteiger partial charge >= 0.3 is 5.97 Å². The van der Waals surface area contributed by atoms with E-state index >= 15 is 0 Å². The van der Waals surface area contributed by atoms with Crippen LogP contribution in [0.1, 0.15) is 18.9 Å². The quantitative estimate of drug-likeness (QED) is 0.584. The molecule has 0 atom stereocenters. The summed E-state index contributed by atoms with van der Waals surface area (Å²) in [5.41, 5.74) is 1.24. The maximum absolute atomic E-state index is 12.0. The minimum atomic E-state index is -0.537. The zero-order valence-corrected chi connectivity index (χ0v) is 17.4. The highest BCUT2D eigenvalue weighted by atomic mass is 35.5. The van der Waals surface area contributed by atoms with Crippen molar-refractivity contribution in [2.24, 2.45) is 0 Å². The molecule has 0 radical (unpaired) electrons. The molecule has 2 rings (SSSR count). The zero-order valence-electron chi connectivity index (χ0n) is 16.6. The SMILES string of the molecule is CCOc1ccc(OCCC(=O)OCC(=O)Nc2cc(C)c(Cl)cc2OC)cc1. The second-order valence-corrected chi connectivity index (χ2v) is 6.42. The summed E-state index contributed by atoms with van der Waals surface area (Å²) in [7, 11) is 1.47. The minimum absolute atomic E-state index is 0.0177. The number of ether oxygens (including phenoxy) is 4. The van der Waals surface area contributed by atoms with Crippen LogP contribution in [0.25, 0.3) is 0 Å². The lowest BCUT2D eigenvalue weighted by atomic mass is 10.2. The van der Waals surface area contributed by atoms with E-state index in [1.54, 1.807) is 36.4 Å². The molecule has 0 spiro atoms. The fraction of sp³-hybridized carbons (Fsp3) is 0.333. The van der Waals surface area contributed by atoms with Crippen molar-refractivity contribution < 1.29 is 28.5 Å². The van der Waals surface area contributed by atoms with E-state index in [-0.39, 0.29) is 13.0 Å². The van der Waals surface area contributed by atoms with Gasteiger partial charge in [0, 0.05) is 11.1 Å². The Kier molecular flexibility index (Phi) is 8.61. The lowest BCUT2D eigenvalue weighted by molar-refractivity contribution is -0.147. The van der Waals surface area contributed by atoms with E-state index in [0.717, 1.165) is 11.3 Å². The summed E-state index contributed by atoms with van der Waals surface area (Å²) in [5.74, 6) is 0.766. The van der Waals surface area contributed by atoms with Crippen molar-refractivity contribution in [2.45, 2.75) is 20.3 Å². The van der Waals surface area contributed by atoms with Crippen LogP contribution in [0, 0.1) is 6.92 Å². The molecule has 0 saturated heterocycles. The number of benzene rings is 2. The van der Waals surface area contributed by atoms with Crippen LogP contribution >= 0.6 is 11.6 Å². The Morgan fingerprint density at radius 3 is 2.34 bits per heavy atom. The number of carbonyl (C=O) groups is 2. The van der Waals surface area contributed by atoms with Crippen LogP contribution in [-0.4, -0.2) is 38.8 Å². The lowest BCUT2D eigenvalue weighted by Gasteiger charge is -2.12. The normalized spacial score (nSPS) is 10.2. The van der Waals surface area contributed by atoms with Gasteiger partial charge in [0.1, 0.15) is 17.2 Å². The number of anilines is 1. The van der Waals surface area contributed by atoms with Gasteiger partial charge in [-0.25, -0.2) is 0 Å². The molecular formula is C21H24ClNO6. The summed E-state index contributed by atoms with van der Waals surface area (Å²) in [5, 5.41) is 3.17. The van der Waals surface area contributed by atoms with Gasteiger partial charge in [-0.15, -0.1) is 0 Å². The molecule has 0 heterocycles. The second kappa shape index (κ2) is 11.2. The molecule has 0 aliphatic heterocycles. The van der Waals surface area contributed by atoms with Gasteiger partial charge in [-0.3, -0.25) is 9.59 Å². The van der Waals surface area contributed by atoms with E-state index < -0.39 is 18.5 Å². The highest BCUT2D eigenvalue weighted by molar-refractivity contribution is 6.31. The highest BCUT2D eigenvalue weighted by Crippen LogP contribution is 2.30. The number of amides is 1. The molecule has 0 saturated carbocycles. The molecule has 29 heavy (non-hydrogen) atoms. The second-order valence-electron chi connectivity index (χ2n) is 6.01. The standard InChI is InChI=1S/C21H24ClNO6/c1-4-27-15-5-7-16(8-6-15)28-10-9-21(25)29-13-20(24)23-18-11-14(2)17(22)12-19(18)26-3/h5-8,11-12H,4,9-10,13H2,1-3H3,(H,23,24). The maximum Gasteiger partial charge on any atom is 0.309 e. The molecule has 156 valence electrons. The zero-order chi connectivity index (χ0) is 21.2. The van der Waals surface area contributed by atoms with Crippen molar-refractivity contribution in [1.82, 2.24) is 0 Å². The number of halogens is 1. The Bertz CT molecular complexity index is 838. The monoisotopic (exact) mass is 421 g/mol. The van der Waals surface area contributed by atoms with E-state index in [4.69, 9.17) is 30.5 Å². The predicted molar refractivity (Wildman–Crippen MR) is 110 cm³/mol. The van der Waals surface area contributed by atoms with Gasteiger partial charge in [0.25, 0.3) is 5.91 Å². The molecule has 0 aliphatic carbocycles. The Hall–Kier alpha value is -2.93. The number of methoxy groups -OCH3 is 1. The Morgan fingerprint density at radius 2 is 1.72 bits per heavy atom. The Labute approximate surface area is 174 Å². The van der Waals surface area contributed by atoms with Crippen LogP contribution in [-0.2, 0) is 14.3 Å². The molecule has 0 fully saturated rings. The molecule has 0 aromatic heterocycles. The molecule has 2 aromatic carbocycles. The summed E-state index contributed by atoms with van der Waals surface area (Å²) in [6.45, 7) is 4.03. The van der Waals surface area contributed by atoms with Gasteiger partial charge in [-0.05, 0) is 49.7 Å². The third kappa shape index (κ3) is 7.19. The van der Waals surface area contributed by atoms with Crippen LogP contribution in [0.4, 0.5) is 5.69 Å². The Balaban J connectivity index is 1.73. The van der Waals surface area contributed by atoms with Crippen LogP contribution in [0.15, 0.2) is 36.4 Å². The number of hydrogen-bond donors (Lipinski definition) is 1. The van der Waals surface area contributed by atoms with Crippen LogP contribution in [0.5, 0.6) is 17.2 Å². The van der Waals surface area contributed by atoms with Crippen molar-refractivity contribution in [3.63, 3.8) is 0 Å². The molecule has 7 nitrogen and oxygen atoms in total. The number of esters is 1. The molecule has 2 aromatic rings. The first-order valence-electron chi connectivity index (χ1n) is 9.08. The summed E-state index contributed by atoms with van der Waals surface area (Å²) in [6, 6.07) is 10.4. The first-order chi connectivity index (χ1) is 13.9. The molecule has 1 N–H and O–H groups in total. The Morgan fingerprint density at radius 1 is 1.07 bits per heavy atom. The number of rotatable bonds is 10. The number of hydrogen-bond acceptors (Lipinski definition) is 6. The molecule has 8 heteroatoms. The summed E-state index contributed by atoms with van der Waals surface area (Å²) in [4.78, 5) is 23.8. The predicted octanol–water partition coefficient (Wildman–Crippen LogP) is 4.01. The maximum atomic E-state index is 12.0. The summed E-state index contributed by atoms with van der Waals surface area (Å²) < 4.78 is 21.0. The average Bonchev–Trinajstić information content (AvgIpc) is 2.70. The van der Waals surface area contributed by atoms with Crippen LogP contribution in [0.3, 0.4) is 0 Å². The third-order valence-corrected chi connectivity index (χ3v) is 4.24. The fourth-order valence-electron chi connectivity index (χ4n) is 2.39. The van der Waals surface area contributed by atoms with Crippen molar-refractivity contribution in [1.29, 1.82) is 0 Å². The average molecular weight is 422 g/mol. The number of nitrogens with one attached hydrogen (secondary N) is 1. The molecule has 0 aliphatic rings. The smallest absolute Gasteiger partial charge is 0.309 e. The summed E-state index contributed by atoms with van der Waals surface area (Å²) in [6.07, 6.45) is 0.0177. The van der Waals surface area contributed by atoms with Gasteiger partial charge in [-0.1, -0.05) is 11.6 Å². The van der Waals surface area contributed by atoms with E-state index in [1.807, 2.05) is 13.8 Å². The van der Waals surface area contributed by atoms with Crippen molar-refractivity contribution in [3.05, 3.63) is 47.0 Å². The van der Waals surface area contributed by atoms with Crippen molar-refractivity contribution in [2.75, 3.05) is 32.2 Å². The first kappa shape index (κ1) is 22.4. The van der Waals surface area contributed by atoms with Gasteiger partial charge < -0.3 is 24.3 Å². The van der Waals surface area contributed by atoms with E-state index in [0.29, 0.717) is 28.8 Å². The van der Waals surface area contributed by atoms with E-state index in [9.17, 15) is 9.59 Å². The summed E-state index contributed by atoms with van der Waals surface area (Å²) >= 11 is 6.04. The lowest BCUT2D eigenvalue weighted by Crippen LogP contribution is -2.22. The highest BCUT2D eigenvalue weighted by Gasteiger charge is 2.12. The minimum Gasteiger partial charge on any atom is -0.495 e.